The van der Waals surface area contributed by atoms with E-state index < -0.39 is 18.6 Å². The van der Waals surface area contributed by atoms with Gasteiger partial charge in [-0.2, -0.15) is 13.2 Å². The van der Waals surface area contributed by atoms with Crippen molar-refractivity contribution in [1.29, 1.82) is 0 Å². The Kier molecular flexibility index (Phi) is 4.84. The van der Waals surface area contributed by atoms with Crippen molar-refractivity contribution in [2.75, 3.05) is 11.9 Å². The normalized spacial score (nSPS) is 11.3. The Bertz CT molecular complexity index is 435. The van der Waals surface area contributed by atoms with Gasteiger partial charge in [-0.05, 0) is 18.6 Å². The zero-order valence-corrected chi connectivity index (χ0v) is 9.98. The molecule has 0 aliphatic carbocycles. The highest BCUT2D eigenvalue weighted by Gasteiger charge is 2.26. The highest BCUT2D eigenvalue weighted by Crippen LogP contribution is 2.25. The van der Waals surface area contributed by atoms with Crippen molar-refractivity contribution in [3.05, 3.63) is 28.8 Å². The average molecular weight is 282 g/mol. The van der Waals surface area contributed by atoms with Crippen molar-refractivity contribution in [3.63, 3.8) is 0 Å². The molecule has 0 radical (unpaired) electrons. The van der Waals surface area contributed by atoms with Gasteiger partial charge in [0, 0.05) is 13.0 Å². The molecule has 1 aromatic carbocycles. The largest absolute Gasteiger partial charge is 0.478 e. The summed E-state index contributed by atoms with van der Waals surface area (Å²) in [5.74, 6) is -1.22. The van der Waals surface area contributed by atoms with Gasteiger partial charge in [-0.15, -0.1) is 0 Å². The molecule has 7 heteroatoms. The summed E-state index contributed by atoms with van der Waals surface area (Å²) >= 11 is 5.71. The van der Waals surface area contributed by atoms with E-state index in [9.17, 15) is 18.0 Å². The van der Waals surface area contributed by atoms with Crippen molar-refractivity contribution in [2.24, 2.45) is 0 Å². The summed E-state index contributed by atoms with van der Waals surface area (Å²) < 4.78 is 35.7. The maximum Gasteiger partial charge on any atom is 0.389 e. The first-order valence-corrected chi connectivity index (χ1v) is 5.51. The summed E-state index contributed by atoms with van der Waals surface area (Å²) in [6, 6.07) is 4.40. The lowest BCUT2D eigenvalue weighted by Crippen LogP contribution is -2.12. The molecule has 0 aromatic heterocycles. The van der Waals surface area contributed by atoms with Crippen molar-refractivity contribution < 1.29 is 23.1 Å². The van der Waals surface area contributed by atoms with E-state index >= 15 is 0 Å². The fourth-order valence-electron chi connectivity index (χ4n) is 1.40. The molecule has 0 amide bonds. The summed E-state index contributed by atoms with van der Waals surface area (Å²) in [6.07, 6.45) is -5.25. The molecule has 0 saturated carbocycles. The molecule has 3 nitrogen and oxygen atoms in total. The van der Waals surface area contributed by atoms with E-state index in [1.54, 1.807) is 0 Å². The van der Waals surface area contributed by atoms with Crippen molar-refractivity contribution in [3.8, 4) is 0 Å². The molecule has 0 aliphatic rings. The van der Waals surface area contributed by atoms with Crippen LogP contribution in [-0.4, -0.2) is 23.8 Å². The maximum atomic E-state index is 11.9. The zero-order valence-electron chi connectivity index (χ0n) is 9.22. The number of nitrogens with one attached hydrogen (secondary N) is 1. The quantitative estimate of drug-likeness (QED) is 0.807. The molecule has 1 rings (SSSR count). The third kappa shape index (κ3) is 4.44. The second kappa shape index (κ2) is 5.95. The molecular weight excluding hydrogens is 271 g/mol. The van der Waals surface area contributed by atoms with Crippen LogP contribution >= 0.6 is 11.6 Å². The lowest BCUT2D eigenvalue weighted by Gasteiger charge is -2.11. The molecule has 100 valence electrons. The number of carboxylic acid groups (broad SMARTS) is 1. The number of rotatable bonds is 5. The first-order chi connectivity index (χ1) is 8.31. The number of carboxylic acids is 1. The van der Waals surface area contributed by atoms with Crippen LogP contribution in [0, 0.1) is 0 Å². The van der Waals surface area contributed by atoms with Crippen LogP contribution in [0.4, 0.5) is 18.9 Å². The minimum Gasteiger partial charge on any atom is -0.478 e. The lowest BCUT2D eigenvalue weighted by atomic mass is 10.1. The Labute approximate surface area is 107 Å². The van der Waals surface area contributed by atoms with Crippen LogP contribution in [0.2, 0.25) is 5.02 Å². The smallest absolute Gasteiger partial charge is 0.389 e. The molecule has 0 spiro atoms. The van der Waals surface area contributed by atoms with Gasteiger partial charge >= 0.3 is 12.1 Å². The number of anilines is 1. The molecule has 0 atom stereocenters. The minimum atomic E-state index is -4.20. The van der Waals surface area contributed by atoms with Gasteiger partial charge in [-0.3, -0.25) is 0 Å². The fourth-order valence-corrected chi connectivity index (χ4v) is 1.66. The number of hydrogen-bond donors (Lipinski definition) is 2. The number of aromatic carboxylic acids is 1. The number of alkyl halides is 3. The molecule has 0 saturated heterocycles. The van der Waals surface area contributed by atoms with Gasteiger partial charge in [0.25, 0.3) is 0 Å². The van der Waals surface area contributed by atoms with E-state index in [1.165, 1.54) is 18.2 Å². The third-order valence-corrected chi connectivity index (χ3v) is 2.49. The monoisotopic (exact) mass is 281 g/mol. The predicted octanol–water partition coefficient (Wildman–Crippen LogP) is 3.79. The molecule has 0 heterocycles. The van der Waals surface area contributed by atoms with Crippen LogP contribution in [-0.2, 0) is 0 Å². The van der Waals surface area contributed by atoms with Gasteiger partial charge in [0.2, 0.25) is 0 Å². The van der Waals surface area contributed by atoms with E-state index in [0.29, 0.717) is 0 Å². The summed E-state index contributed by atoms with van der Waals surface area (Å²) in [6.45, 7) is 0.0279. The molecule has 0 unspecified atom stereocenters. The van der Waals surface area contributed by atoms with Gasteiger partial charge in [0.15, 0.2) is 0 Å². The van der Waals surface area contributed by atoms with Gasteiger partial charge in [-0.25, -0.2) is 4.79 Å². The minimum absolute atomic E-state index is 0.0279. The zero-order chi connectivity index (χ0) is 13.8. The molecule has 0 aliphatic heterocycles. The Hall–Kier alpha value is -1.43. The van der Waals surface area contributed by atoms with E-state index in [1.807, 2.05) is 0 Å². The van der Waals surface area contributed by atoms with Crippen molar-refractivity contribution >= 4 is 23.3 Å². The molecule has 18 heavy (non-hydrogen) atoms. The van der Waals surface area contributed by atoms with E-state index in [0.717, 1.165) is 0 Å². The summed E-state index contributed by atoms with van der Waals surface area (Å²) in [5.41, 5.74) is 0.0864. The topological polar surface area (TPSA) is 49.3 Å². The van der Waals surface area contributed by atoms with Crippen molar-refractivity contribution in [1.82, 2.24) is 0 Å². The first-order valence-electron chi connectivity index (χ1n) is 5.13. The Balaban J connectivity index is 2.63. The highest BCUT2D eigenvalue weighted by atomic mass is 35.5. The van der Waals surface area contributed by atoms with Crippen LogP contribution < -0.4 is 5.32 Å². The summed E-state index contributed by atoms with van der Waals surface area (Å²) in [5, 5.41) is 11.6. The average Bonchev–Trinajstić information content (AvgIpc) is 2.22. The van der Waals surface area contributed by atoms with Crippen LogP contribution in [0.3, 0.4) is 0 Å². The van der Waals surface area contributed by atoms with Crippen LogP contribution in [0.15, 0.2) is 18.2 Å². The highest BCUT2D eigenvalue weighted by molar-refractivity contribution is 6.34. The van der Waals surface area contributed by atoms with Crippen LogP contribution in [0.1, 0.15) is 23.2 Å². The Morgan fingerprint density at radius 3 is 2.61 bits per heavy atom. The second-order valence-corrected chi connectivity index (χ2v) is 4.02. The number of halogens is 4. The van der Waals surface area contributed by atoms with E-state index in [4.69, 9.17) is 16.7 Å². The van der Waals surface area contributed by atoms with Gasteiger partial charge in [0.1, 0.15) is 5.56 Å². The van der Waals surface area contributed by atoms with Gasteiger partial charge in [0.05, 0.1) is 10.7 Å². The first kappa shape index (κ1) is 14.6. The standard InChI is InChI=1S/C11H11ClF3NO2/c12-7-3-1-4-8(9(7)10(17)18)16-6-2-5-11(13,14)15/h1,3-4,16H,2,5-6H2,(H,17,18). The molecule has 2 N–H and O–H groups in total. The summed E-state index contributed by atoms with van der Waals surface area (Å²) in [4.78, 5) is 10.9. The van der Waals surface area contributed by atoms with Crippen LogP contribution in [0.25, 0.3) is 0 Å². The molecule has 0 fully saturated rings. The van der Waals surface area contributed by atoms with Gasteiger partial charge < -0.3 is 10.4 Å². The van der Waals surface area contributed by atoms with Crippen LogP contribution in [0.5, 0.6) is 0 Å². The SMILES string of the molecule is O=C(O)c1c(Cl)cccc1NCCCC(F)(F)F. The number of hydrogen-bond acceptors (Lipinski definition) is 2. The molecule has 0 bridgehead atoms. The van der Waals surface area contributed by atoms with Gasteiger partial charge in [-0.1, -0.05) is 17.7 Å². The summed E-state index contributed by atoms with van der Waals surface area (Å²) in [7, 11) is 0. The Morgan fingerprint density at radius 2 is 2.06 bits per heavy atom. The number of benzene rings is 1. The van der Waals surface area contributed by atoms with E-state index in [-0.39, 0.29) is 29.2 Å². The third-order valence-electron chi connectivity index (χ3n) is 2.18. The molecule has 1 aromatic rings. The Morgan fingerprint density at radius 1 is 1.39 bits per heavy atom. The van der Waals surface area contributed by atoms with E-state index in [2.05, 4.69) is 5.32 Å². The maximum absolute atomic E-state index is 11.9. The molecular formula is C11H11ClF3NO2. The lowest BCUT2D eigenvalue weighted by molar-refractivity contribution is -0.134. The second-order valence-electron chi connectivity index (χ2n) is 3.61. The van der Waals surface area contributed by atoms with Crippen molar-refractivity contribution in [2.45, 2.75) is 19.0 Å². The fraction of sp³-hybridized carbons (Fsp3) is 0.364. The predicted molar refractivity (Wildman–Crippen MR) is 62.2 cm³/mol. The number of carbonyl (C=O) groups is 1.